The predicted molar refractivity (Wildman–Crippen MR) is 107 cm³/mol. The fraction of sp³-hybridized carbons (Fsp3) is 0.450. The van der Waals surface area contributed by atoms with E-state index in [-0.39, 0.29) is 11.9 Å². The van der Waals surface area contributed by atoms with E-state index in [9.17, 15) is 4.79 Å². The first-order chi connectivity index (χ1) is 12.7. The zero-order valence-corrected chi connectivity index (χ0v) is 16.3. The second kappa shape index (κ2) is 9.16. The Morgan fingerprint density at radius 1 is 1.27 bits per heavy atom. The number of rotatable bonds is 7. The Balaban J connectivity index is 1.57. The molecular formula is C20H28N3O2S+. The van der Waals surface area contributed by atoms with Gasteiger partial charge >= 0.3 is 0 Å². The van der Waals surface area contributed by atoms with Crippen molar-refractivity contribution < 1.29 is 14.4 Å². The van der Waals surface area contributed by atoms with Crippen molar-refractivity contribution in [3.8, 4) is 0 Å². The quantitative estimate of drug-likeness (QED) is 0.779. The lowest BCUT2D eigenvalue weighted by molar-refractivity contribution is -0.925. The van der Waals surface area contributed by atoms with E-state index in [1.807, 2.05) is 19.1 Å². The standard InChI is InChI=1S/C20H27N3O2S/c1-3-22(15-19-5-4-14-26-19)16(2)20(24)21-17-6-8-18(9-7-17)23-10-12-25-13-11-23/h4-9,14,16H,3,10-13,15H2,1-2H3,(H,21,24)/p+1/t16-/m0/s1. The molecule has 2 N–H and O–H groups in total. The van der Waals surface area contributed by atoms with Crippen LogP contribution in [0.5, 0.6) is 0 Å². The number of carbonyl (C=O) groups excluding carboxylic acids is 1. The van der Waals surface area contributed by atoms with Crippen molar-refractivity contribution in [3.63, 3.8) is 0 Å². The third-order valence-corrected chi connectivity index (χ3v) is 5.83. The number of benzene rings is 1. The summed E-state index contributed by atoms with van der Waals surface area (Å²) in [6.45, 7) is 9.32. The van der Waals surface area contributed by atoms with E-state index in [2.05, 4.69) is 46.8 Å². The van der Waals surface area contributed by atoms with Gasteiger partial charge in [-0.05, 0) is 49.6 Å². The van der Waals surface area contributed by atoms with Crippen LogP contribution in [0.15, 0.2) is 41.8 Å². The summed E-state index contributed by atoms with van der Waals surface area (Å²) in [4.78, 5) is 17.6. The molecule has 3 rings (SSSR count). The molecule has 0 aliphatic carbocycles. The molecular weight excluding hydrogens is 346 g/mol. The third-order valence-electron chi connectivity index (χ3n) is 4.95. The first-order valence-corrected chi connectivity index (χ1v) is 10.2. The number of likely N-dealkylation sites (N-methyl/N-ethyl adjacent to an activating group) is 1. The monoisotopic (exact) mass is 374 g/mol. The zero-order valence-electron chi connectivity index (χ0n) is 15.5. The molecule has 0 saturated carbocycles. The summed E-state index contributed by atoms with van der Waals surface area (Å²) in [6, 6.07) is 12.2. The highest BCUT2D eigenvalue weighted by Crippen LogP contribution is 2.19. The number of ether oxygens (including phenoxy) is 1. The van der Waals surface area contributed by atoms with Gasteiger partial charge in [-0.1, -0.05) is 6.07 Å². The molecule has 2 heterocycles. The van der Waals surface area contributed by atoms with Crippen LogP contribution in [-0.2, 0) is 16.1 Å². The molecule has 1 saturated heterocycles. The number of carbonyl (C=O) groups is 1. The van der Waals surface area contributed by atoms with E-state index >= 15 is 0 Å². The Morgan fingerprint density at radius 2 is 2.00 bits per heavy atom. The Hall–Kier alpha value is -1.89. The van der Waals surface area contributed by atoms with Gasteiger partial charge < -0.3 is 19.9 Å². The van der Waals surface area contributed by atoms with Crippen molar-refractivity contribution in [2.24, 2.45) is 0 Å². The molecule has 26 heavy (non-hydrogen) atoms. The van der Waals surface area contributed by atoms with Crippen LogP contribution in [-0.4, -0.2) is 44.8 Å². The highest BCUT2D eigenvalue weighted by Gasteiger charge is 2.24. The molecule has 6 heteroatoms. The number of amides is 1. The molecule has 2 aromatic rings. The van der Waals surface area contributed by atoms with Crippen molar-refractivity contribution in [2.75, 3.05) is 43.1 Å². The zero-order chi connectivity index (χ0) is 18.4. The number of morpholine rings is 1. The minimum absolute atomic E-state index is 0.0672. The molecule has 0 bridgehead atoms. The number of anilines is 2. The predicted octanol–water partition coefficient (Wildman–Crippen LogP) is 2.02. The maximum Gasteiger partial charge on any atom is 0.282 e. The van der Waals surface area contributed by atoms with E-state index in [0.29, 0.717) is 0 Å². The minimum atomic E-state index is -0.0963. The molecule has 140 valence electrons. The average Bonchev–Trinajstić information content (AvgIpc) is 3.20. The number of nitrogens with zero attached hydrogens (tertiary/aromatic N) is 1. The molecule has 1 aliphatic rings. The van der Waals surface area contributed by atoms with Crippen molar-refractivity contribution in [3.05, 3.63) is 46.7 Å². The first kappa shape index (κ1) is 18.9. The Bertz CT molecular complexity index is 682. The van der Waals surface area contributed by atoms with Gasteiger partial charge in [-0.3, -0.25) is 4.79 Å². The van der Waals surface area contributed by atoms with Gasteiger partial charge in [0.05, 0.1) is 24.6 Å². The van der Waals surface area contributed by atoms with Crippen LogP contribution in [0.4, 0.5) is 11.4 Å². The van der Waals surface area contributed by atoms with Crippen molar-refractivity contribution >= 4 is 28.6 Å². The van der Waals surface area contributed by atoms with Gasteiger partial charge in [0.2, 0.25) is 0 Å². The van der Waals surface area contributed by atoms with E-state index in [1.54, 1.807) is 11.3 Å². The van der Waals surface area contributed by atoms with Gasteiger partial charge in [0.1, 0.15) is 6.54 Å². The Morgan fingerprint density at radius 3 is 2.62 bits per heavy atom. The van der Waals surface area contributed by atoms with Gasteiger partial charge in [0, 0.05) is 24.5 Å². The van der Waals surface area contributed by atoms with Crippen molar-refractivity contribution in [1.82, 2.24) is 0 Å². The van der Waals surface area contributed by atoms with E-state index < -0.39 is 0 Å². The molecule has 1 aromatic heterocycles. The van der Waals surface area contributed by atoms with Crippen LogP contribution in [0.3, 0.4) is 0 Å². The molecule has 1 aromatic carbocycles. The van der Waals surface area contributed by atoms with Crippen LogP contribution < -0.4 is 15.1 Å². The maximum absolute atomic E-state index is 12.7. The second-order valence-corrected chi connectivity index (χ2v) is 7.66. The lowest BCUT2D eigenvalue weighted by Gasteiger charge is -2.29. The lowest BCUT2D eigenvalue weighted by atomic mass is 10.2. The Kier molecular flexibility index (Phi) is 6.66. The fourth-order valence-electron chi connectivity index (χ4n) is 3.23. The number of nitrogens with one attached hydrogen (secondary N) is 2. The summed E-state index contributed by atoms with van der Waals surface area (Å²) in [5.74, 6) is 0.0672. The molecule has 1 unspecified atom stereocenters. The highest BCUT2D eigenvalue weighted by atomic mass is 32.1. The van der Waals surface area contributed by atoms with Crippen LogP contribution in [0, 0.1) is 0 Å². The van der Waals surface area contributed by atoms with Crippen molar-refractivity contribution in [1.29, 1.82) is 0 Å². The normalized spacial score (nSPS) is 16.9. The largest absolute Gasteiger partial charge is 0.378 e. The van der Waals surface area contributed by atoms with Gasteiger partial charge in [-0.25, -0.2) is 0 Å². The number of thiophene rings is 1. The molecule has 2 atom stereocenters. The number of hydrogen-bond acceptors (Lipinski definition) is 4. The van der Waals surface area contributed by atoms with Crippen molar-refractivity contribution in [2.45, 2.75) is 26.4 Å². The molecule has 5 nitrogen and oxygen atoms in total. The molecule has 0 spiro atoms. The fourth-order valence-corrected chi connectivity index (χ4v) is 3.99. The summed E-state index contributed by atoms with van der Waals surface area (Å²) < 4.78 is 5.39. The van der Waals surface area contributed by atoms with Crippen LogP contribution in [0.25, 0.3) is 0 Å². The third kappa shape index (κ3) is 4.84. The van der Waals surface area contributed by atoms with Gasteiger partial charge in [0.25, 0.3) is 5.91 Å². The summed E-state index contributed by atoms with van der Waals surface area (Å²) in [5.41, 5.74) is 2.03. The number of hydrogen-bond donors (Lipinski definition) is 2. The first-order valence-electron chi connectivity index (χ1n) is 9.28. The topological polar surface area (TPSA) is 46.0 Å². The summed E-state index contributed by atoms with van der Waals surface area (Å²) in [7, 11) is 0. The molecule has 1 amide bonds. The van der Waals surface area contributed by atoms with E-state index in [1.165, 1.54) is 15.5 Å². The van der Waals surface area contributed by atoms with Gasteiger partial charge in [0.15, 0.2) is 6.04 Å². The summed E-state index contributed by atoms with van der Waals surface area (Å²) in [6.07, 6.45) is 0. The second-order valence-electron chi connectivity index (χ2n) is 6.63. The van der Waals surface area contributed by atoms with E-state index in [0.717, 1.165) is 45.1 Å². The SMILES string of the molecule is CC[NH+](Cc1cccs1)[C@@H](C)C(=O)Nc1ccc(N2CCOCC2)cc1. The summed E-state index contributed by atoms with van der Waals surface area (Å²) in [5, 5.41) is 5.15. The van der Waals surface area contributed by atoms with E-state index in [4.69, 9.17) is 4.74 Å². The lowest BCUT2D eigenvalue weighted by Crippen LogP contribution is -3.15. The molecule has 1 fully saturated rings. The smallest absolute Gasteiger partial charge is 0.282 e. The van der Waals surface area contributed by atoms with Crippen LogP contribution in [0.1, 0.15) is 18.7 Å². The highest BCUT2D eigenvalue weighted by molar-refractivity contribution is 7.09. The Labute approximate surface area is 159 Å². The van der Waals surface area contributed by atoms with Gasteiger partial charge in [-0.2, -0.15) is 0 Å². The maximum atomic E-state index is 12.7. The molecule has 0 radical (unpaired) electrons. The number of quaternary nitrogens is 1. The van der Waals surface area contributed by atoms with Crippen LogP contribution >= 0.6 is 11.3 Å². The molecule has 1 aliphatic heterocycles. The minimum Gasteiger partial charge on any atom is -0.378 e. The average molecular weight is 375 g/mol. The van der Waals surface area contributed by atoms with Crippen LogP contribution in [0.2, 0.25) is 0 Å². The summed E-state index contributed by atoms with van der Waals surface area (Å²) >= 11 is 1.75. The van der Waals surface area contributed by atoms with Gasteiger partial charge in [-0.15, -0.1) is 11.3 Å².